The number of nitro groups is 1. The lowest BCUT2D eigenvalue weighted by Gasteiger charge is -2.40. The van der Waals surface area contributed by atoms with Crippen LogP contribution in [0.3, 0.4) is 0 Å². The topological polar surface area (TPSA) is 90.9 Å². The average molecular weight is 459 g/mol. The van der Waals surface area contributed by atoms with Crippen molar-refractivity contribution in [2.75, 3.05) is 12.4 Å². The second kappa shape index (κ2) is 8.89. The average Bonchev–Trinajstić information content (AvgIpc) is 3.16. The number of aromatic nitrogens is 2. The van der Waals surface area contributed by atoms with E-state index in [1.54, 1.807) is 19.2 Å². The van der Waals surface area contributed by atoms with Crippen molar-refractivity contribution in [3.05, 3.63) is 105 Å². The van der Waals surface area contributed by atoms with Crippen LogP contribution in [0.1, 0.15) is 40.2 Å². The van der Waals surface area contributed by atoms with Crippen molar-refractivity contribution < 1.29 is 14.4 Å². The number of imidazole rings is 1. The van der Waals surface area contributed by atoms with Crippen molar-refractivity contribution in [3.8, 4) is 0 Å². The van der Waals surface area contributed by atoms with E-state index >= 15 is 0 Å². The van der Waals surface area contributed by atoms with E-state index in [2.05, 4.69) is 28.8 Å². The summed E-state index contributed by atoms with van der Waals surface area (Å²) in [5.74, 6) is 0. The van der Waals surface area contributed by atoms with Gasteiger partial charge < -0.3 is 19.2 Å². The second-order valence-corrected chi connectivity index (χ2v) is 8.51. The molecule has 0 spiro atoms. The highest BCUT2D eigenvalue weighted by atomic mass is 16.6. The maximum absolute atomic E-state index is 11.2. The van der Waals surface area contributed by atoms with E-state index in [-0.39, 0.29) is 30.5 Å². The fourth-order valence-electron chi connectivity index (χ4n) is 4.66. The maximum Gasteiger partial charge on any atom is 0.269 e. The number of pyridine rings is 1. The van der Waals surface area contributed by atoms with Gasteiger partial charge in [-0.1, -0.05) is 42.5 Å². The van der Waals surface area contributed by atoms with E-state index in [9.17, 15) is 10.1 Å². The van der Waals surface area contributed by atoms with Gasteiger partial charge in [-0.15, -0.1) is 0 Å². The number of benzene rings is 2. The van der Waals surface area contributed by atoms with Gasteiger partial charge in [-0.2, -0.15) is 0 Å². The Morgan fingerprint density at radius 2 is 1.91 bits per heavy atom. The van der Waals surface area contributed by atoms with Crippen LogP contribution in [-0.4, -0.2) is 27.5 Å². The van der Waals surface area contributed by atoms with E-state index in [0.717, 1.165) is 39.4 Å². The zero-order valence-electron chi connectivity index (χ0n) is 19.3. The van der Waals surface area contributed by atoms with Crippen LogP contribution < -0.4 is 5.32 Å². The monoisotopic (exact) mass is 458 g/mol. The van der Waals surface area contributed by atoms with Crippen molar-refractivity contribution >= 4 is 17.0 Å². The maximum atomic E-state index is 11.2. The molecule has 1 aliphatic heterocycles. The Labute approximate surface area is 197 Å². The van der Waals surface area contributed by atoms with Gasteiger partial charge in [0.05, 0.1) is 29.0 Å². The minimum atomic E-state index is -0.396. The van der Waals surface area contributed by atoms with E-state index < -0.39 is 4.92 Å². The number of anilines is 1. The Balaban J connectivity index is 1.56. The predicted molar refractivity (Wildman–Crippen MR) is 129 cm³/mol. The summed E-state index contributed by atoms with van der Waals surface area (Å²) in [6, 6.07) is 18.4. The van der Waals surface area contributed by atoms with Crippen LogP contribution in [0.25, 0.3) is 5.65 Å². The fourth-order valence-corrected chi connectivity index (χ4v) is 4.66. The van der Waals surface area contributed by atoms with Gasteiger partial charge in [0.25, 0.3) is 5.69 Å². The zero-order chi connectivity index (χ0) is 23.8. The molecule has 8 nitrogen and oxygen atoms in total. The van der Waals surface area contributed by atoms with E-state index in [0.29, 0.717) is 0 Å². The minimum Gasteiger partial charge on any atom is -0.374 e. The first-order valence-electron chi connectivity index (χ1n) is 11.2. The van der Waals surface area contributed by atoms with Gasteiger partial charge in [0, 0.05) is 36.7 Å². The molecule has 0 bridgehead atoms. The van der Waals surface area contributed by atoms with Gasteiger partial charge in [0.15, 0.2) is 5.65 Å². The first-order valence-corrected chi connectivity index (χ1v) is 11.2. The van der Waals surface area contributed by atoms with Crippen molar-refractivity contribution in [3.63, 3.8) is 0 Å². The minimum absolute atomic E-state index is 0.0450. The summed E-state index contributed by atoms with van der Waals surface area (Å²) in [5.41, 5.74) is 6.65. The molecule has 0 saturated carbocycles. The van der Waals surface area contributed by atoms with Crippen molar-refractivity contribution in [2.24, 2.45) is 0 Å². The third-order valence-electron chi connectivity index (χ3n) is 6.51. The highest BCUT2D eigenvalue weighted by molar-refractivity contribution is 5.75. The SMILES string of the molecule is CO[C@@H]1c2ccn3c(C)c(C)nc3c2N[C@H](c2ccccc2)[C@H]1OCc1cccc([N+](=O)[O-])c1. The molecule has 174 valence electrons. The Bertz CT molecular complexity index is 1350. The molecular weight excluding hydrogens is 432 g/mol. The first kappa shape index (κ1) is 22.1. The molecule has 3 heterocycles. The number of methoxy groups -OCH3 is 1. The van der Waals surface area contributed by atoms with E-state index in [1.807, 2.05) is 43.5 Å². The summed E-state index contributed by atoms with van der Waals surface area (Å²) in [6.45, 7) is 4.28. The summed E-state index contributed by atoms with van der Waals surface area (Å²) in [7, 11) is 1.68. The highest BCUT2D eigenvalue weighted by Gasteiger charge is 2.40. The summed E-state index contributed by atoms with van der Waals surface area (Å²) in [4.78, 5) is 15.6. The number of nitro benzene ring substituents is 1. The number of aryl methyl sites for hydroxylation is 2. The fraction of sp³-hybridized carbons (Fsp3) is 0.269. The van der Waals surface area contributed by atoms with E-state index in [4.69, 9.17) is 14.5 Å². The summed E-state index contributed by atoms with van der Waals surface area (Å²) >= 11 is 0. The molecular formula is C26H26N4O4. The summed E-state index contributed by atoms with van der Waals surface area (Å²) in [5, 5.41) is 14.9. The lowest BCUT2D eigenvalue weighted by molar-refractivity contribution is -0.385. The number of fused-ring (bicyclic) bond motifs is 3. The van der Waals surface area contributed by atoms with Crippen LogP contribution in [0.15, 0.2) is 66.9 Å². The second-order valence-electron chi connectivity index (χ2n) is 8.51. The largest absolute Gasteiger partial charge is 0.374 e. The Kier molecular flexibility index (Phi) is 5.77. The Morgan fingerprint density at radius 1 is 1.12 bits per heavy atom. The number of nitrogens with zero attached hydrogens (tertiary/aromatic N) is 3. The molecule has 5 rings (SSSR count). The number of ether oxygens (including phenoxy) is 2. The molecule has 1 aliphatic rings. The molecule has 2 aromatic carbocycles. The number of nitrogens with one attached hydrogen (secondary N) is 1. The first-order chi connectivity index (χ1) is 16.5. The van der Waals surface area contributed by atoms with Crippen molar-refractivity contribution in [1.29, 1.82) is 0 Å². The molecule has 0 fully saturated rings. The molecule has 0 saturated heterocycles. The molecule has 0 amide bonds. The third kappa shape index (κ3) is 3.81. The molecule has 0 unspecified atom stereocenters. The molecule has 2 aromatic heterocycles. The van der Waals surface area contributed by atoms with Crippen molar-refractivity contribution in [2.45, 2.75) is 38.7 Å². The summed E-state index contributed by atoms with van der Waals surface area (Å²) in [6.07, 6.45) is 1.28. The van der Waals surface area contributed by atoms with Gasteiger partial charge in [-0.05, 0) is 31.0 Å². The smallest absolute Gasteiger partial charge is 0.269 e. The summed E-state index contributed by atoms with van der Waals surface area (Å²) < 4.78 is 14.5. The van der Waals surface area contributed by atoms with Gasteiger partial charge in [0.1, 0.15) is 12.2 Å². The highest BCUT2D eigenvalue weighted by Crippen LogP contribution is 2.44. The lowest BCUT2D eigenvalue weighted by atomic mass is 9.88. The predicted octanol–water partition coefficient (Wildman–Crippen LogP) is 5.30. The number of non-ortho nitro benzene ring substituents is 1. The molecule has 4 aromatic rings. The van der Waals surface area contributed by atoms with Gasteiger partial charge in [0.2, 0.25) is 0 Å². The van der Waals surface area contributed by atoms with Gasteiger partial charge in [-0.3, -0.25) is 10.1 Å². The molecule has 0 aliphatic carbocycles. The van der Waals surface area contributed by atoms with Crippen LogP contribution in [0.2, 0.25) is 0 Å². The van der Waals surface area contributed by atoms with Crippen LogP contribution in [0, 0.1) is 24.0 Å². The number of hydrogen-bond donors (Lipinski definition) is 1. The van der Waals surface area contributed by atoms with E-state index in [1.165, 1.54) is 6.07 Å². The Hall–Kier alpha value is -3.75. The molecule has 3 atom stereocenters. The van der Waals surface area contributed by atoms with Crippen LogP contribution in [-0.2, 0) is 16.1 Å². The molecule has 34 heavy (non-hydrogen) atoms. The molecule has 1 N–H and O–H groups in total. The third-order valence-corrected chi connectivity index (χ3v) is 6.51. The lowest BCUT2D eigenvalue weighted by Crippen LogP contribution is -2.39. The standard InChI is InChI=1S/C26H26N4O4/c1-16-17(2)29-13-12-21-23(26(29)27-16)28-22(19-9-5-4-6-10-19)25(24(21)33-3)34-15-18-8-7-11-20(14-18)30(31)32/h4-14,22,24-25,28H,15H2,1-3H3/t22-,24-,25-/m1/s1. The zero-order valence-corrected chi connectivity index (χ0v) is 19.3. The van der Waals surface area contributed by atoms with Gasteiger partial charge in [-0.25, -0.2) is 4.98 Å². The Morgan fingerprint density at radius 3 is 2.65 bits per heavy atom. The van der Waals surface area contributed by atoms with Crippen LogP contribution in [0.5, 0.6) is 0 Å². The number of hydrogen-bond acceptors (Lipinski definition) is 6. The van der Waals surface area contributed by atoms with Gasteiger partial charge >= 0.3 is 0 Å². The normalized spacial score (nSPS) is 19.6. The molecule has 8 heteroatoms. The van der Waals surface area contributed by atoms with Crippen LogP contribution in [0.4, 0.5) is 11.4 Å². The van der Waals surface area contributed by atoms with Crippen LogP contribution >= 0.6 is 0 Å². The quantitative estimate of drug-likeness (QED) is 0.311. The molecule has 0 radical (unpaired) electrons. The number of rotatable bonds is 6. The van der Waals surface area contributed by atoms with Crippen molar-refractivity contribution in [1.82, 2.24) is 9.38 Å².